The Kier molecular flexibility index (Phi) is 6.01. The second-order valence-corrected chi connectivity index (χ2v) is 5.98. The van der Waals surface area contributed by atoms with Gasteiger partial charge in [0, 0.05) is 11.4 Å². The van der Waals surface area contributed by atoms with Crippen LogP contribution in [0.1, 0.15) is 25.1 Å². The predicted octanol–water partition coefficient (Wildman–Crippen LogP) is 3.42. The van der Waals surface area contributed by atoms with Crippen LogP contribution in [0.2, 0.25) is 4.34 Å². The highest BCUT2D eigenvalue weighted by Crippen LogP contribution is 2.22. The van der Waals surface area contributed by atoms with E-state index in [1.165, 1.54) is 11.3 Å². The Hall–Kier alpha value is -1.60. The largest absolute Gasteiger partial charge is 0.464 e. The molecule has 0 aromatic carbocycles. The minimum absolute atomic E-state index is 0.317. The molecule has 6 nitrogen and oxygen atoms in total. The average Bonchev–Trinajstić information content (AvgIpc) is 2.89. The first kappa shape index (κ1) is 15.8. The quantitative estimate of drug-likeness (QED) is 0.774. The Balaban J connectivity index is 2.07. The minimum Gasteiger partial charge on any atom is -0.464 e. The van der Waals surface area contributed by atoms with E-state index >= 15 is 0 Å². The lowest BCUT2D eigenvalue weighted by Crippen LogP contribution is -2.11. The molecule has 2 aromatic rings. The SMILES string of the molecule is CCCNc1nc(NCc2ccc(Cl)s2)nc(OCC)n1. The van der Waals surface area contributed by atoms with Gasteiger partial charge in [-0.25, -0.2) is 0 Å². The first-order valence-electron chi connectivity index (χ1n) is 6.82. The first-order valence-corrected chi connectivity index (χ1v) is 8.01. The van der Waals surface area contributed by atoms with E-state index in [4.69, 9.17) is 16.3 Å². The van der Waals surface area contributed by atoms with E-state index in [1.54, 1.807) is 0 Å². The molecule has 0 atom stereocenters. The second-order valence-electron chi connectivity index (χ2n) is 4.18. The third-order valence-corrected chi connectivity index (χ3v) is 3.70. The summed E-state index contributed by atoms with van der Waals surface area (Å²) in [6.07, 6.45) is 0.992. The van der Waals surface area contributed by atoms with Crippen LogP contribution in [0.3, 0.4) is 0 Å². The van der Waals surface area contributed by atoms with Gasteiger partial charge in [0.2, 0.25) is 11.9 Å². The summed E-state index contributed by atoms with van der Waals surface area (Å²) in [6, 6.07) is 4.16. The number of anilines is 2. The van der Waals surface area contributed by atoms with E-state index < -0.39 is 0 Å². The van der Waals surface area contributed by atoms with Crippen molar-refractivity contribution >= 4 is 34.8 Å². The Bertz CT molecular complexity index is 577. The molecule has 2 heterocycles. The molecule has 0 aliphatic heterocycles. The Morgan fingerprint density at radius 1 is 1.14 bits per heavy atom. The smallest absolute Gasteiger partial charge is 0.323 e. The second kappa shape index (κ2) is 7.99. The zero-order chi connectivity index (χ0) is 15.1. The summed E-state index contributed by atoms with van der Waals surface area (Å²) >= 11 is 7.43. The fourth-order valence-corrected chi connectivity index (χ4v) is 2.59. The predicted molar refractivity (Wildman–Crippen MR) is 86.4 cm³/mol. The third-order valence-electron chi connectivity index (χ3n) is 2.47. The number of hydrogen-bond donors (Lipinski definition) is 2. The Labute approximate surface area is 132 Å². The third kappa shape index (κ3) is 5.02. The van der Waals surface area contributed by atoms with E-state index in [0.717, 1.165) is 22.2 Å². The lowest BCUT2D eigenvalue weighted by atomic mass is 10.5. The molecule has 2 rings (SSSR count). The van der Waals surface area contributed by atoms with Crippen molar-refractivity contribution in [3.05, 3.63) is 21.3 Å². The number of ether oxygens (including phenoxy) is 1. The minimum atomic E-state index is 0.317. The summed E-state index contributed by atoms with van der Waals surface area (Å²) in [5.41, 5.74) is 0. The number of halogens is 1. The first-order chi connectivity index (χ1) is 10.2. The summed E-state index contributed by atoms with van der Waals surface area (Å²) < 4.78 is 6.13. The molecule has 0 aliphatic carbocycles. The molecule has 8 heteroatoms. The highest BCUT2D eigenvalue weighted by atomic mass is 35.5. The van der Waals surface area contributed by atoms with Gasteiger partial charge in [0.05, 0.1) is 17.5 Å². The van der Waals surface area contributed by atoms with Gasteiger partial charge < -0.3 is 15.4 Å². The van der Waals surface area contributed by atoms with Gasteiger partial charge in [-0.05, 0) is 25.5 Å². The van der Waals surface area contributed by atoms with Crippen molar-refractivity contribution in [2.75, 3.05) is 23.8 Å². The van der Waals surface area contributed by atoms with E-state index in [9.17, 15) is 0 Å². The summed E-state index contributed by atoms with van der Waals surface area (Å²) in [4.78, 5) is 13.9. The van der Waals surface area contributed by atoms with Gasteiger partial charge in [0.15, 0.2) is 0 Å². The number of nitrogens with one attached hydrogen (secondary N) is 2. The van der Waals surface area contributed by atoms with Crippen molar-refractivity contribution in [3.63, 3.8) is 0 Å². The maximum absolute atomic E-state index is 5.91. The lowest BCUT2D eigenvalue weighted by molar-refractivity contribution is 0.312. The normalized spacial score (nSPS) is 10.4. The summed E-state index contributed by atoms with van der Waals surface area (Å²) in [7, 11) is 0. The number of rotatable bonds is 8. The number of aromatic nitrogens is 3. The van der Waals surface area contributed by atoms with Crippen LogP contribution in [0.4, 0.5) is 11.9 Å². The molecule has 0 amide bonds. The van der Waals surface area contributed by atoms with Gasteiger partial charge >= 0.3 is 6.01 Å². The van der Waals surface area contributed by atoms with E-state index in [0.29, 0.717) is 31.1 Å². The molecule has 114 valence electrons. The van der Waals surface area contributed by atoms with E-state index in [-0.39, 0.29) is 0 Å². The summed E-state index contributed by atoms with van der Waals surface area (Å²) in [5.74, 6) is 0.999. The molecule has 0 radical (unpaired) electrons. The standard InChI is InChI=1S/C13H18ClN5OS/c1-3-7-15-11-17-12(19-13(18-11)20-4-2)16-8-9-5-6-10(14)21-9/h5-6H,3-4,7-8H2,1-2H3,(H2,15,16,17,18,19). The van der Waals surface area contributed by atoms with Crippen LogP contribution in [0, 0.1) is 0 Å². The summed E-state index contributed by atoms with van der Waals surface area (Å²) in [6.45, 7) is 5.90. The topological polar surface area (TPSA) is 72.0 Å². The van der Waals surface area contributed by atoms with Crippen LogP contribution < -0.4 is 15.4 Å². The molecule has 0 unspecified atom stereocenters. The fraction of sp³-hybridized carbons (Fsp3) is 0.462. The molecule has 21 heavy (non-hydrogen) atoms. The van der Waals surface area contributed by atoms with Gasteiger partial charge in [-0.3, -0.25) is 0 Å². The van der Waals surface area contributed by atoms with Gasteiger partial charge in [-0.15, -0.1) is 11.3 Å². The monoisotopic (exact) mass is 327 g/mol. The van der Waals surface area contributed by atoms with Gasteiger partial charge in [0.1, 0.15) is 0 Å². The molecule has 0 saturated carbocycles. The molecule has 0 saturated heterocycles. The molecular formula is C13H18ClN5OS. The van der Waals surface area contributed by atoms with Gasteiger partial charge in [-0.2, -0.15) is 15.0 Å². The maximum Gasteiger partial charge on any atom is 0.323 e. The molecule has 0 bridgehead atoms. The number of thiophene rings is 1. The molecule has 0 aliphatic rings. The van der Waals surface area contributed by atoms with Crippen LogP contribution >= 0.6 is 22.9 Å². The van der Waals surface area contributed by atoms with Crippen molar-refractivity contribution < 1.29 is 4.74 Å². The van der Waals surface area contributed by atoms with E-state index in [1.807, 2.05) is 19.1 Å². The van der Waals surface area contributed by atoms with Gasteiger partial charge in [0.25, 0.3) is 0 Å². The Morgan fingerprint density at radius 3 is 2.52 bits per heavy atom. The highest BCUT2D eigenvalue weighted by Gasteiger charge is 2.07. The zero-order valence-corrected chi connectivity index (χ0v) is 13.6. The van der Waals surface area contributed by atoms with Crippen LogP contribution in [0.25, 0.3) is 0 Å². The van der Waals surface area contributed by atoms with Crippen LogP contribution in [0.15, 0.2) is 12.1 Å². The molecule has 2 N–H and O–H groups in total. The van der Waals surface area contributed by atoms with Crippen LogP contribution in [0.5, 0.6) is 6.01 Å². The fourth-order valence-electron chi connectivity index (χ4n) is 1.56. The number of nitrogens with zero attached hydrogens (tertiary/aromatic N) is 3. The van der Waals surface area contributed by atoms with Crippen molar-refractivity contribution in [1.82, 2.24) is 15.0 Å². The Morgan fingerprint density at radius 2 is 1.90 bits per heavy atom. The number of hydrogen-bond acceptors (Lipinski definition) is 7. The molecular weight excluding hydrogens is 310 g/mol. The van der Waals surface area contributed by atoms with Crippen LogP contribution in [-0.2, 0) is 6.54 Å². The van der Waals surface area contributed by atoms with Crippen molar-refractivity contribution in [2.24, 2.45) is 0 Å². The lowest BCUT2D eigenvalue weighted by Gasteiger charge is -2.09. The van der Waals surface area contributed by atoms with Crippen molar-refractivity contribution in [2.45, 2.75) is 26.8 Å². The average molecular weight is 328 g/mol. The zero-order valence-electron chi connectivity index (χ0n) is 12.0. The highest BCUT2D eigenvalue weighted by molar-refractivity contribution is 7.16. The summed E-state index contributed by atoms with van der Waals surface area (Å²) in [5, 5.41) is 6.29. The molecule has 0 spiro atoms. The van der Waals surface area contributed by atoms with Crippen molar-refractivity contribution in [1.29, 1.82) is 0 Å². The maximum atomic E-state index is 5.91. The molecule has 0 fully saturated rings. The van der Waals surface area contributed by atoms with Gasteiger partial charge in [-0.1, -0.05) is 18.5 Å². The van der Waals surface area contributed by atoms with Crippen LogP contribution in [-0.4, -0.2) is 28.1 Å². The molecule has 2 aromatic heterocycles. The van der Waals surface area contributed by atoms with E-state index in [2.05, 4.69) is 32.5 Å². The van der Waals surface area contributed by atoms with Crippen molar-refractivity contribution in [3.8, 4) is 6.01 Å².